The molecule has 2 N–H and O–H groups in total. The van der Waals surface area contributed by atoms with Crippen molar-refractivity contribution in [2.24, 2.45) is 0 Å². The third-order valence-corrected chi connectivity index (χ3v) is 8.05. The first-order chi connectivity index (χ1) is 20.6. The van der Waals surface area contributed by atoms with E-state index in [2.05, 4.69) is 73.0 Å². The monoisotopic (exact) mass is 553 g/mol. The molecule has 5 aromatic rings. The zero-order chi connectivity index (χ0) is 28.9. The number of benzene rings is 4. The summed E-state index contributed by atoms with van der Waals surface area (Å²) in [5.74, 6) is -0.381. The highest BCUT2D eigenvalue weighted by molar-refractivity contribution is 5.96. The number of aromatic nitrogens is 1. The van der Waals surface area contributed by atoms with E-state index in [1.165, 1.54) is 22.3 Å². The number of para-hydroxylation sites is 2. The van der Waals surface area contributed by atoms with Gasteiger partial charge in [0, 0.05) is 41.8 Å². The summed E-state index contributed by atoms with van der Waals surface area (Å²) in [6.45, 7) is 5.58. The van der Waals surface area contributed by atoms with E-state index in [1.54, 1.807) is 18.3 Å². The van der Waals surface area contributed by atoms with E-state index in [9.17, 15) is 4.79 Å². The highest BCUT2D eigenvalue weighted by atomic mass is 16.6. The molecular formula is C37H35N3O2. The van der Waals surface area contributed by atoms with Crippen molar-refractivity contribution in [3.05, 3.63) is 160 Å². The molecule has 0 bridgehead atoms. The predicted octanol–water partition coefficient (Wildman–Crippen LogP) is 7.89. The fraction of sp³-hybridized carbons (Fsp3) is 0.189. The number of carbonyl (C=O) groups is 1. The first-order valence-corrected chi connectivity index (χ1v) is 14.6. The Morgan fingerprint density at radius 1 is 0.619 bits per heavy atom. The number of pyridine rings is 1. The number of ether oxygens (including phenoxy) is 1. The molecule has 5 nitrogen and oxygen atoms in total. The Kier molecular flexibility index (Phi) is 7.74. The number of fused-ring (bicyclic) bond motifs is 1. The van der Waals surface area contributed by atoms with Crippen LogP contribution in [0.1, 0.15) is 63.3 Å². The lowest BCUT2D eigenvalue weighted by atomic mass is 9.81. The van der Waals surface area contributed by atoms with E-state index in [0.717, 1.165) is 35.3 Å². The molecule has 0 atom stereocenters. The van der Waals surface area contributed by atoms with Gasteiger partial charge in [-0.05, 0) is 59.4 Å². The molecule has 0 amide bonds. The van der Waals surface area contributed by atoms with Gasteiger partial charge in [0.1, 0.15) is 5.69 Å². The fourth-order valence-corrected chi connectivity index (χ4v) is 5.67. The summed E-state index contributed by atoms with van der Waals surface area (Å²) >= 11 is 0. The number of carbonyl (C=O) groups excluding carboxylic acids is 1. The summed E-state index contributed by atoms with van der Waals surface area (Å²) in [5.41, 5.74) is 8.24. The van der Waals surface area contributed by atoms with Crippen LogP contribution < -0.4 is 10.6 Å². The lowest BCUT2D eigenvalue weighted by Crippen LogP contribution is -2.32. The van der Waals surface area contributed by atoms with Gasteiger partial charge in [-0.1, -0.05) is 98.8 Å². The second-order valence-corrected chi connectivity index (χ2v) is 10.6. The van der Waals surface area contributed by atoms with Gasteiger partial charge in [-0.3, -0.25) is 4.98 Å². The third-order valence-electron chi connectivity index (χ3n) is 8.05. The van der Waals surface area contributed by atoms with Crippen molar-refractivity contribution in [3.8, 4) is 0 Å². The van der Waals surface area contributed by atoms with E-state index in [4.69, 9.17) is 9.72 Å². The maximum absolute atomic E-state index is 13.4. The average Bonchev–Trinajstić information content (AvgIpc) is 3.36. The first kappa shape index (κ1) is 27.3. The average molecular weight is 554 g/mol. The molecule has 1 aromatic heterocycles. The van der Waals surface area contributed by atoms with Crippen molar-refractivity contribution in [2.75, 3.05) is 10.6 Å². The quantitative estimate of drug-likeness (QED) is 0.172. The molecule has 0 aliphatic carbocycles. The molecule has 0 spiro atoms. The SMILES string of the molecule is CCc1ccc(CNc2ccccc2C2(c3ccccc3NCc3ccc(CC)cc3)OC(=O)c3cccnc32)cc1. The summed E-state index contributed by atoms with van der Waals surface area (Å²) in [4.78, 5) is 18.2. The number of aryl methyl sites for hydroxylation is 2. The third kappa shape index (κ3) is 5.14. The van der Waals surface area contributed by atoms with Gasteiger partial charge in [-0.15, -0.1) is 0 Å². The Bertz CT molecular complexity index is 1600. The highest BCUT2D eigenvalue weighted by Crippen LogP contribution is 2.50. The van der Waals surface area contributed by atoms with Crippen LogP contribution in [0, 0.1) is 0 Å². The predicted molar refractivity (Wildman–Crippen MR) is 169 cm³/mol. The van der Waals surface area contributed by atoms with Gasteiger partial charge in [-0.25, -0.2) is 4.79 Å². The van der Waals surface area contributed by atoms with E-state index < -0.39 is 5.60 Å². The molecule has 0 unspecified atom stereocenters. The van der Waals surface area contributed by atoms with Crippen LogP contribution >= 0.6 is 0 Å². The molecule has 0 saturated heterocycles. The van der Waals surface area contributed by atoms with Crippen LogP contribution in [0.15, 0.2) is 115 Å². The fourth-order valence-electron chi connectivity index (χ4n) is 5.67. The van der Waals surface area contributed by atoms with E-state index in [-0.39, 0.29) is 5.97 Å². The lowest BCUT2D eigenvalue weighted by Gasteiger charge is -2.33. The largest absolute Gasteiger partial charge is 0.439 e. The Hall–Kier alpha value is -4.90. The minimum absolute atomic E-state index is 0.381. The second-order valence-electron chi connectivity index (χ2n) is 10.6. The van der Waals surface area contributed by atoms with Crippen LogP contribution in [-0.4, -0.2) is 11.0 Å². The normalized spacial score (nSPS) is 13.3. The van der Waals surface area contributed by atoms with Crippen molar-refractivity contribution in [1.82, 2.24) is 4.98 Å². The first-order valence-electron chi connectivity index (χ1n) is 14.6. The van der Waals surface area contributed by atoms with Gasteiger partial charge in [0.15, 0.2) is 0 Å². The van der Waals surface area contributed by atoms with Crippen LogP contribution in [0.2, 0.25) is 0 Å². The minimum Gasteiger partial charge on any atom is -0.439 e. The van der Waals surface area contributed by atoms with Crippen molar-refractivity contribution in [1.29, 1.82) is 0 Å². The number of anilines is 2. The summed E-state index contributed by atoms with van der Waals surface area (Å²) in [6, 6.07) is 37.0. The molecule has 210 valence electrons. The molecule has 4 aromatic carbocycles. The van der Waals surface area contributed by atoms with Gasteiger partial charge < -0.3 is 15.4 Å². The highest BCUT2D eigenvalue weighted by Gasteiger charge is 2.52. The maximum atomic E-state index is 13.4. The molecule has 1 aliphatic rings. The molecule has 0 fully saturated rings. The number of hydrogen-bond donors (Lipinski definition) is 2. The van der Waals surface area contributed by atoms with Crippen molar-refractivity contribution >= 4 is 17.3 Å². The number of hydrogen-bond acceptors (Lipinski definition) is 5. The Morgan fingerprint density at radius 3 is 1.60 bits per heavy atom. The maximum Gasteiger partial charge on any atom is 0.341 e. The molecule has 6 rings (SSSR count). The molecular weight excluding hydrogens is 518 g/mol. The number of cyclic esters (lactones) is 1. The zero-order valence-corrected chi connectivity index (χ0v) is 24.1. The van der Waals surface area contributed by atoms with Crippen LogP contribution in [0.4, 0.5) is 11.4 Å². The molecule has 0 radical (unpaired) electrons. The van der Waals surface area contributed by atoms with Crippen molar-refractivity contribution in [3.63, 3.8) is 0 Å². The topological polar surface area (TPSA) is 63.2 Å². The van der Waals surface area contributed by atoms with Gasteiger partial charge in [0.2, 0.25) is 5.60 Å². The van der Waals surface area contributed by atoms with Gasteiger partial charge in [-0.2, -0.15) is 0 Å². The van der Waals surface area contributed by atoms with E-state index in [1.807, 2.05) is 48.5 Å². The van der Waals surface area contributed by atoms with Gasteiger partial charge >= 0.3 is 5.97 Å². The smallest absolute Gasteiger partial charge is 0.341 e. The summed E-state index contributed by atoms with van der Waals surface area (Å²) < 4.78 is 6.46. The van der Waals surface area contributed by atoms with Crippen molar-refractivity contribution < 1.29 is 9.53 Å². The molecule has 1 aliphatic heterocycles. The molecule has 42 heavy (non-hydrogen) atoms. The Balaban J connectivity index is 1.43. The number of nitrogens with one attached hydrogen (secondary N) is 2. The van der Waals surface area contributed by atoms with Crippen LogP contribution in [-0.2, 0) is 36.3 Å². The van der Waals surface area contributed by atoms with Crippen LogP contribution in [0.5, 0.6) is 0 Å². The molecule has 0 saturated carbocycles. The Morgan fingerprint density at radius 2 is 1.10 bits per heavy atom. The van der Waals surface area contributed by atoms with Gasteiger partial charge in [0.05, 0.1) is 5.56 Å². The van der Waals surface area contributed by atoms with Crippen LogP contribution in [0.3, 0.4) is 0 Å². The Labute approximate surface area is 247 Å². The minimum atomic E-state index is -1.24. The van der Waals surface area contributed by atoms with E-state index in [0.29, 0.717) is 24.3 Å². The second kappa shape index (κ2) is 11.9. The summed E-state index contributed by atoms with van der Waals surface area (Å²) in [6.07, 6.45) is 3.74. The zero-order valence-electron chi connectivity index (χ0n) is 24.1. The number of esters is 1. The number of nitrogens with zero attached hydrogens (tertiary/aromatic N) is 1. The summed E-state index contributed by atoms with van der Waals surface area (Å²) in [5, 5.41) is 7.27. The number of rotatable bonds is 10. The van der Waals surface area contributed by atoms with Gasteiger partial charge in [0.25, 0.3) is 0 Å². The standard InChI is InChI=1S/C37H35N3O2/c1-3-26-15-19-28(20-16-26)24-39-33-13-7-5-11-31(33)37(35-30(36(41)42-37)10-9-23-38-35)32-12-6-8-14-34(32)40-25-29-21-17-27(4-2)18-22-29/h5-23,39-40H,3-4,24-25H2,1-2H3. The lowest BCUT2D eigenvalue weighted by molar-refractivity contribution is 0.0247. The molecule has 2 heterocycles. The summed E-state index contributed by atoms with van der Waals surface area (Å²) in [7, 11) is 0. The molecule has 5 heteroatoms. The van der Waals surface area contributed by atoms with E-state index >= 15 is 0 Å². The van der Waals surface area contributed by atoms with Crippen LogP contribution in [0.25, 0.3) is 0 Å². The van der Waals surface area contributed by atoms with Crippen molar-refractivity contribution in [2.45, 2.75) is 45.4 Å².